The Hall–Kier alpha value is -3.11. The highest BCUT2D eigenvalue weighted by Gasteiger charge is 2.60. The lowest BCUT2D eigenvalue weighted by molar-refractivity contribution is -0.163. The van der Waals surface area contributed by atoms with Gasteiger partial charge < -0.3 is 15.1 Å². The molecule has 168 valence electrons. The van der Waals surface area contributed by atoms with E-state index in [0.29, 0.717) is 16.9 Å². The van der Waals surface area contributed by atoms with Crippen molar-refractivity contribution in [3.05, 3.63) is 47.7 Å². The number of fused-ring (bicyclic) bond motifs is 3. The molecule has 10 heteroatoms. The molecule has 3 aliphatic rings. The number of rotatable bonds is 4. The number of aliphatic hydroxyl groups is 1. The van der Waals surface area contributed by atoms with Crippen molar-refractivity contribution in [1.29, 1.82) is 0 Å². The van der Waals surface area contributed by atoms with Gasteiger partial charge >= 0.3 is 16.2 Å². The Balaban J connectivity index is 1.62. The number of benzene rings is 2. The van der Waals surface area contributed by atoms with E-state index in [-0.39, 0.29) is 12.2 Å². The molecule has 1 amide bonds. The number of hydrogen-bond donors (Lipinski definition) is 2. The van der Waals surface area contributed by atoms with Crippen molar-refractivity contribution in [2.75, 3.05) is 22.2 Å². The molecule has 0 aromatic heterocycles. The predicted octanol–water partition coefficient (Wildman–Crippen LogP) is 1.54. The first-order valence-corrected chi connectivity index (χ1v) is 11.7. The summed E-state index contributed by atoms with van der Waals surface area (Å²) in [7, 11) is -2.47. The fourth-order valence-electron chi connectivity index (χ4n) is 5.24. The number of carboxylic acid groups (broad SMARTS) is 1. The van der Waals surface area contributed by atoms with E-state index < -0.39 is 46.1 Å². The minimum atomic E-state index is -3.93. The average molecular weight is 458 g/mol. The van der Waals surface area contributed by atoms with E-state index in [4.69, 9.17) is 0 Å². The minimum absolute atomic E-state index is 0.184. The molecule has 1 fully saturated rings. The molecule has 0 bridgehead atoms. The SMILES string of the molecule is C[C@@H](O)[C@H]1C(=O)N2C(C(=O)O)=C(CN3c4cc5ccccc5cc4N(C)S3(=O)=O)[C@H](C)[C@H]12. The lowest BCUT2D eigenvalue weighted by atomic mass is 9.78. The molecule has 0 radical (unpaired) electrons. The summed E-state index contributed by atoms with van der Waals surface area (Å²) in [5.74, 6) is -2.85. The van der Waals surface area contributed by atoms with E-state index in [1.165, 1.54) is 27.5 Å². The third kappa shape index (κ3) is 2.56. The van der Waals surface area contributed by atoms with Crippen molar-refractivity contribution in [2.24, 2.45) is 11.8 Å². The number of carbonyl (C=O) groups is 2. The first kappa shape index (κ1) is 20.8. The Morgan fingerprint density at radius 3 is 2.31 bits per heavy atom. The summed E-state index contributed by atoms with van der Waals surface area (Å²) < 4.78 is 28.9. The highest BCUT2D eigenvalue weighted by molar-refractivity contribution is 7.94. The molecule has 9 nitrogen and oxygen atoms in total. The number of carbonyl (C=O) groups excluding carboxylic acids is 1. The van der Waals surface area contributed by atoms with Crippen LogP contribution in [0.1, 0.15) is 13.8 Å². The maximum atomic E-state index is 13.3. The molecular weight excluding hydrogens is 434 g/mol. The van der Waals surface area contributed by atoms with Gasteiger partial charge in [-0.05, 0) is 35.4 Å². The third-order valence-corrected chi connectivity index (χ3v) is 8.68. The zero-order valence-corrected chi connectivity index (χ0v) is 18.6. The van der Waals surface area contributed by atoms with Crippen LogP contribution in [-0.2, 0) is 19.8 Å². The molecule has 2 N–H and O–H groups in total. The van der Waals surface area contributed by atoms with Crippen LogP contribution in [0.4, 0.5) is 11.4 Å². The zero-order valence-electron chi connectivity index (χ0n) is 17.8. The molecule has 2 aromatic rings. The van der Waals surface area contributed by atoms with Gasteiger partial charge in [0, 0.05) is 13.0 Å². The molecule has 4 atom stereocenters. The maximum Gasteiger partial charge on any atom is 0.352 e. The molecule has 0 aliphatic carbocycles. The van der Waals surface area contributed by atoms with Crippen LogP contribution in [-0.4, -0.2) is 61.1 Å². The van der Waals surface area contributed by atoms with Gasteiger partial charge in [0.1, 0.15) is 5.70 Å². The topological polar surface area (TPSA) is 118 Å². The lowest BCUT2D eigenvalue weighted by Gasteiger charge is -2.46. The van der Waals surface area contributed by atoms with Crippen LogP contribution < -0.4 is 8.61 Å². The van der Waals surface area contributed by atoms with Crippen LogP contribution in [0.15, 0.2) is 47.7 Å². The predicted molar refractivity (Wildman–Crippen MR) is 118 cm³/mol. The van der Waals surface area contributed by atoms with Crippen LogP contribution in [0.25, 0.3) is 10.8 Å². The van der Waals surface area contributed by atoms with Gasteiger partial charge in [-0.1, -0.05) is 31.2 Å². The first-order valence-electron chi connectivity index (χ1n) is 10.3. The van der Waals surface area contributed by atoms with Gasteiger partial charge in [-0.3, -0.25) is 9.10 Å². The number of anilines is 2. The molecule has 1 saturated heterocycles. The van der Waals surface area contributed by atoms with Crippen LogP contribution in [0, 0.1) is 11.8 Å². The monoisotopic (exact) mass is 457 g/mol. The largest absolute Gasteiger partial charge is 0.477 e. The summed E-state index contributed by atoms with van der Waals surface area (Å²) in [5, 5.41) is 21.6. The normalized spacial score (nSPS) is 26.9. The van der Waals surface area contributed by atoms with E-state index in [1.807, 2.05) is 24.3 Å². The van der Waals surface area contributed by atoms with E-state index in [1.54, 1.807) is 19.1 Å². The number of carboxylic acids is 1. The molecule has 32 heavy (non-hydrogen) atoms. The van der Waals surface area contributed by atoms with Gasteiger partial charge in [-0.25, -0.2) is 9.10 Å². The van der Waals surface area contributed by atoms with Crippen molar-refractivity contribution in [3.63, 3.8) is 0 Å². The second kappa shape index (κ2) is 6.69. The molecular formula is C22H23N3O6S. The molecule has 5 rings (SSSR count). The van der Waals surface area contributed by atoms with E-state index in [2.05, 4.69) is 0 Å². The van der Waals surface area contributed by atoms with E-state index in [0.717, 1.165) is 10.8 Å². The van der Waals surface area contributed by atoms with Gasteiger partial charge in [-0.2, -0.15) is 8.42 Å². The summed E-state index contributed by atoms with van der Waals surface area (Å²) >= 11 is 0. The molecule has 3 aliphatic heterocycles. The molecule has 0 unspecified atom stereocenters. The van der Waals surface area contributed by atoms with Crippen molar-refractivity contribution < 1.29 is 28.2 Å². The third-order valence-electron chi connectivity index (χ3n) is 6.91. The van der Waals surface area contributed by atoms with Crippen LogP contribution in [0.5, 0.6) is 0 Å². The van der Waals surface area contributed by atoms with Crippen LogP contribution in [0.3, 0.4) is 0 Å². The van der Waals surface area contributed by atoms with E-state index in [9.17, 15) is 28.2 Å². The first-order chi connectivity index (χ1) is 15.1. The molecule has 3 heterocycles. The zero-order chi connectivity index (χ0) is 23.1. The maximum absolute atomic E-state index is 13.3. The molecule has 0 spiro atoms. The molecule has 2 aromatic carbocycles. The second-order valence-corrected chi connectivity index (χ2v) is 10.5. The van der Waals surface area contributed by atoms with Gasteiger partial charge in [0.25, 0.3) is 0 Å². The second-order valence-electron chi connectivity index (χ2n) is 8.60. The quantitative estimate of drug-likeness (QED) is 0.673. The number of aliphatic hydroxyl groups excluding tert-OH is 1. The minimum Gasteiger partial charge on any atom is -0.477 e. The highest BCUT2D eigenvalue weighted by Crippen LogP contribution is 2.49. The number of aliphatic carboxylic acids is 1. The Morgan fingerprint density at radius 1 is 1.16 bits per heavy atom. The van der Waals surface area contributed by atoms with Crippen LogP contribution >= 0.6 is 0 Å². The van der Waals surface area contributed by atoms with Gasteiger partial charge in [-0.15, -0.1) is 0 Å². The summed E-state index contributed by atoms with van der Waals surface area (Å²) in [4.78, 5) is 25.9. The van der Waals surface area contributed by atoms with Gasteiger partial charge in [0.15, 0.2) is 0 Å². The number of hydrogen-bond acceptors (Lipinski definition) is 5. The van der Waals surface area contributed by atoms with Crippen molar-refractivity contribution in [1.82, 2.24) is 4.90 Å². The fraction of sp³-hybridized carbons (Fsp3) is 0.364. The summed E-state index contributed by atoms with van der Waals surface area (Å²) in [6.45, 7) is 3.10. The lowest BCUT2D eigenvalue weighted by Crippen LogP contribution is -2.63. The summed E-state index contributed by atoms with van der Waals surface area (Å²) in [5.41, 5.74) is 1.14. The average Bonchev–Trinajstić information content (AvgIpc) is 3.07. The smallest absolute Gasteiger partial charge is 0.352 e. The van der Waals surface area contributed by atoms with Gasteiger partial charge in [0.2, 0.25) is 5.91 Å². The van der Waals surface area contributed by atoms with Crippen molar-refractivity contribution in [3.8, 4) is 0 Å². The summed E-state index contributed by atoms with van der Waals surface area (Å²) in [6.07, 6.45) is -0.922. The summed E-state index contributed by atoms with van der Waals surface area (Å²) in [6, 6.07) is 10.6. The Labute approximate surface area is 185 Å². The Morgan fingerprint density at radius 2 is 1.75 bits per heavy atom. The standard InChI is InChI=1S/C22H23N3O6S/c1-11-15(20(22(28)29)25-19(11)18(12(2)26)21(25)27)10-24-17-9-14-7-5-4-6-13(14)8-16(17)23(3)32(24,30)31/h4-9,11-12,18-19,26H,10H2,1-3H3,(H,28,29)/t11-,12+,18+,19+/m0/s1. The number of amides is 1. The highest BCUT2D eigenvalue weighted by atomic mass is 32.2. The molecule has 0 saturated carbocycles. The van der Waals surface area contributed by atoms with Crippen LogP contribution in [0.2, 0.25) is 0 Å². The Kier molecular flexibility index (Phi) is 4.35. The number of β-lactam (4-membered cyclic amide) rings is 1. The van der Waals surface area contributed by atoms with Gasteiger partial charge in [0.05, 0.1) is 36.0 Å². The van der Waals surface area contributed by atoms with Crippen molar-refractivity contribution >= 4 is 44.2 Å². The van der Waals surface area contributed by atoms with E-state index >= 15 is 0 Å². The Bertz CT molecular complexity index is 1320. The van der Waals surface area contributed by atoms with Crippen molar-refractivity contribution in [2.45, 2.75) is 26.0 Å². The fourth-order valence-corrected chi connectivity index (χ4v) is 6.63. The number of nitrogens with zero attached hydrogens (tertiary/aromatic N) is 3.